The summed E-state index contributed by atoms with van der Waals surface area (Å²) in [6.45, 7) is 0. The second kappa shape index (κ2) is 4.36. The maximum absolute atomic E-state index is 6.55. The molecule has 2 aromatic carbocycles. The van der Waals surface area contributed by atoms with Gasteiger partial charge in [-0.2, -0.15) is 0 Å². The summed E-state index contributed by atoms with van der Waals surface area (Å²) in [4.78, 5) is 0. The molecule has 0 saturated heterocycles. The largest absolute Gasteiger partial charge is 0.117 e. The minimum absolute atomic E-state index is 0.0437. The molecule has 2 atom stereocenters. The van der Waals surface area contributed by atoms with Crippen molar-refractivity contribution in [1.29, 1.82) is 0 Å². The van der Waals surface area contributed by atoms with Crippen molar-refractivity contribution in [1.82, 2.24) is 0 Å². The number of alkyl halides is 1. The SMILES string of the molecule is Clc1ccc(C(Cl)C2Cc3ccccc32)cc1. The summed E-state index contributed by atoms with van der Waals surface area (Å²) in [5, 5.41) is 0.800. The van der Waals surface area contributed by atoms with Crippen LogP contribution in [-0.2, 0) is 6.42 Å². The summed E-state index contributed by atoms with van der Waals surface area (Å²) in [5.74, 6) is 0.439. The van der Waals surface area contributed by atoms with Crippen LogP contribution in [0.25, 0.3) is 0 Å². The smallest absolute Gasteiger partial charge is 0.0657 e. The Morgan fingerprint density at radius 1 is 1.00 bits per heavy atom. The molecule has 0 heterocycles. The average Bonchev–Trinajstić information content (AvgIpc) is 2.31. The second-order valence-electron chi connectivity index (χ2n) is 4.46. The predicted molar refractivity (Wildman–Crippen MR) is 72.9 cm³/mol. The highest BCUT2D eigenvalue weighted by atomic mass is 35.5. The van der Waals surface area contributed by atoms with Crippen molar-refractivity contribution >= 4 is 23.2 Å². The van der Waals surface area contributed by atoms with Gasteiger partial charge in [0.05, 0.1) is 5.38 Å². The number of benzene rings is 2. The van der Waals surface area contributed by atoms with E-state index in [1.165, 1.54) is 11.1 Å². The molecule has 0 aromatic heterocycles. The Balaban J connectivity index is 1.86. The van der Waals surface area contributed by atoms with E-state index in [-0.39, 0.29) is 5.38 Å². The molecular weight excluding hydrogens is 251 g/mol. The van der Waals surface area contributed by atoms with Crippen LogP contribution >= 0.6 is 23.2 Å². The van der Waals surface area contributed by atoms with Gasteiger partial charge in [-0.25, -0.2) is 0 Å². The fourth-order valence-corrected chi connectivity index (χ4v) is 2.93. The summed E-state index contributed by atoms with van der Waals surface area (Å²) in [5.41, 5.74) is 3.97. The normalized spacial score (nSPS) is 19.3. The van der Waals surface area contributed by atoms with E-state index in [0.29, 0.717) is 5.92 Å². The molecule has 0 saturated carbocycles. The molecule has 1 aliphatic rings. The number of rotatable bonds is 2. The molecule has 0 radical (unpaired) electrons. The molecule has 0 spiro atoms. The van der Waals surface area contributed by atoms with E-state index >= 15 is 0 Å². The van der Waals surface area contributed by atoms with E-state index in [1.54, 1.807) is 0 Å². The maximum Gasteiger partial charge on any atom is 0.0657 e. The first-order chi connectivity index (χ1) is 8.25. The van der Waals surface area contributed by atoms with Crippen LogP contribution in [0.1, 0.15) is 28.0 Å². The van der Waals surface area contributed by atoms with Gasteiger partial charge in [-0.05, 0) is 35.2 Å². The number of halogens is 2. The molecule has 0 N–H and O–H groups in total. The van der Waals surface area contributed by atoms with Crippen LogP contribution in [0.5, 0.6) is 0 Å². The fraction of sp³-hybridized carbons (Fsp3) is 0.200. The third kappa shape index (κ3) is 1.96. The van der Waals surface area contributed by atoms with E-state index in [2.05, 4.69) is 24.3 Å². The van der Waals surface area contributed by atoms with Crippen LogP contribution in [0.2, 0.25) is 5.02 Å². The van der Waals surface area contributed by atoms with Gasteiger partial charge in [-0.1, -0.05) is 48.0 Å². The fourth-order valence-electron chi connectivity index (χ4n) is 2.44. The highest BCUT2D eigenvalue weighted by molar-refractivity contribution is 6.30. The van der Waals surface area contributed by atoms with Gasteiger partial charge in [0.25, 0.3) is 0 Å². The van der Waals surface area contributed by atoms with E-state index in [4.69, 9.17) is 23.2 Å². The van der Waals surface area contributed by atoms with Crippen molar-refractivity contribution in [3.8, 4) is 0 Å². The summed E-state index contributed by atoms with van der Waals surface area (Å²) in [6, 6.07) is 16.3. The van der Waals surface area contributed by atoms with Crippen molar-refractivity contribution in [2.24, 2.45) is 0 Å². The molecule has 17 heavy (non-hydrogen) atoms. The first-order valence-corrected chi connectivity index (χ1v) is 6.54. The molecule has 0 amide bonds. The molecule has 2 aromatic rings. The van der Waals surface area contributed by atoms with Gasteiger partial charge in [0.15, 0.2) is 0 Å². The van der Waals surface area contributed by atoms with E-state index < -0.39 is 0 Å². The number of fused-ring (bicyclic) bond motifs is 1. The molecule has 0 fully saturated rings. The zero-order chi connectivity index (χ0) is 11.8. The van der Waals surface area contributed by atoms with Crippen molar-refractivity contribution in [2.45, 2.75) is 17.7 Å². The lowest BCUT2D eigenvalue weighted by atomic mass is 9.74. The molecule has 1 aliphatic carbocycles. The molecule has 0 aliphatic heterocycles. The molecule has 0 nitrogen and oxygen atoms in total. The third-order valence-electron chi connectivity index (χ3n) is 3.44. The zero-order valence-electron chi connectivity index (χ0n) is 9.24. The predicted octanol–water partition coefficient (Wildman–Crippen LogP) is 4.96. The Kier molecular flexibility index (Phi) is 2.85. The van der Waals surface area contributed by atoms with Gasteiger partial charge in [0, 0.05) is 10.9 Å². The van der Waals surface area contributed by atoms with Gasteiger partial charge < -0.3 is 0 Å². The molecular formula is C15H12Cl2. The summed E-state index contributed by atoms with van der Waals surface area (Å²) < 4.78 is 0. The lowest BCUT2D eigenvalue weighted by molar-refractivity contribution is 0.587. The van der Waals surface area contributed by atoms with E-state index in [0.717, 1.165) is 17.0 Å². The highest BCUT2D eigenvalue weighted by Gasteiger charge is 2.32. The van der Waals surface area contributed by atoms with E-state index in [9.17, 15) is 0 Å². The zero-order valence-corrected chi connectivity index (χ0v) is 10.7. The molecule has 2 heteroatoms. The first-order valence-electron chi connectivity index (χ1n) is 5.73. The minimum atomic E-state index is 0.0437. The first kappa shape index (κ1) is 11.1. The topological polar surface area (TPSA) is 0 Å². The molecule has 86 valence electrons. The maximum atomic E-state index is 6.55. The van der Waals surface area contributed by atoms with Crippen LogP contribution in [-0.4, -0.2) is 0 Å². The second-order valence-corrected chi connectivity index (χ2v) is 5.37. The average molecular weight is 263 g/mol. The van der Waals surface area contributed by atoms with Crippen LogP contribution in [0.15, 0.2) is 48.5 Å². The Labute approximate surface area is 111 Å². The van der Waals surface area contributed by atoms with Crippen LogP contribution < -0.4 is 0 Å². The van der Waals surface area contributed by atoms with Crippen LogP contribution in [0.3, 0.4) is 0 Å². The van der Waals surface area contributed by atoms with Crippen LogP contribution in [0.4, 0.5) is 0 Å². The van der Waals surface area contributed by atoms with Gasteiger partial charge in [0.2, 0.25) is 0 Å². The third-order valence-corrected chi connectivity index (χ3v) is 4.24. The van der Waals surface area contributed by atoms with Gasteiger partial charge in [-0.3, -0.25) is 0 Å². The number of hydrogen-bond donors (Lipinski definition) is 0. The van der Waals surface area contributed by atoms with Gasteiger partial charge >= 0.3 is 0 Å². The number of hydrogen-bond acceptors (Lipinski definition) is 0. The van der Waals surface area contributed by atoms with Gasteiger partial charge in [-0.15, -0.1) is 11.6 Å². The van der Waals surface area contributed by atoms with Crippen molar-refractivity contribution in [3.05, 3.63) is 70.2 Å². The Hall–Kier alpha value is -0.980. The monoisotopic (exact) mass is 262 g/mol. The standard InChI is InChI=1S/C15H12Cl2/c16-12-7-5-10(6-8-12)15(17)14-9-11-3-1-2-4-13(11)14/h1-8,14-15H,9H2. The van der Waals surface area contributed by atoms with Gasteiger partial charge in [0.1, 0.15) is 0 Å². The minimum Gasteiger partial charge on any atom is -0.117 e. The molecule has 2 unspecified atom stereocenters. The summed E-state index contributed by atoms with van der Waals surface area (Å²) >= 11 is 12.4. The summed E-state index contributed by atoms with van der Waals surface area (Å²) in [6.07, 6.45) is 1.08. The molecule has 3 rings (SSSR count). The Morgan fingerprint density at radius 3 is 2.41 bits per heavy atom. The van der Waals surface area contributed by atoms with Crippen molar-refractivity contribution in [3.63, 3.8) is 0 Å². The Bertz CT molecular complexity index is 531. The Morgan fingerprint density at radius 2 is 1.71 bits per heavy atom. The summed E-state index contributed by atoms with van der Waals surface area (Å²) in [7, 11) is 0. The highest BCUT2D eigenvalue weighted by Crippen LogP contribution is 2.46. The lowest BCUT2D eigenvalue weighted by Crippen LogP contribution is -2.20. The van der Waals surface area contributed by atoms with Crippen LogP contribution in [0, 0.1) is 0 Å². The van der Waals surface area contributed by atoms with Crippen molar-refractivity contribution < 1.29 is 0 Å². The lowest BCUT2D eigenvalue weighted by Gasteiger charge is -2.33. The quantitative estimate of drug-likeness (QED) is 0.672. The van der Waals surface area contributed by atoms with E-state index in [1.807, 2.05) is 24.3 Å². The van der Waals surface area contributed by atoms with Crippen molar-refractivity contribution in [2.75, 3.05) is 0 Å². The molecule has 0 bridgehead atoms.